The molecule has 0 saturated carbocycles. The molecule has 1 aliphatic heterocycles. The number of nitrogens with one attached hydrogen (secondary N) is 1. The topological polar surface area (TPSA) is 244 Å². The van der Waals surface area contributed by atoms with Crippen LogP contribution < -0.4 is 20.3 Å². The van der Waals surface area contributed by atoms with E-state index in [2.05, 4.69) is 15.0 Å². The first kappa shape index (κ1) is 29.0. The molecule has 0 radical (unpaired) electrons. The molecule has 4 rings (SSSR count). The highest BCUT2D eigenvalue weighted by molar-refractivity contribution is 7.49. The molecule has 1 fully saturated rings. The summed E-state index contributed by atoms with van der Waals surface area (Å²) < 4.78 is 37.0. The Hall–Kier alpha value is -5.02. The summed E-state index contributed by atoms with van der Waals surface area (Å²) in [6, 6.07) is 8.10. The lowest BCUT2D eigenvalue weighted by Crippen LogP contribution is -2.33. The summed E-state index contributed by atoms with van der Waals surface area (Å²) in [5.74, 6) is -0.263. The first-order valence-electron chi connectivity index (χ1n) is 11.6. The average Bonchev–Trinajstić information content (AvgIpc) is 3.33. The van der Waals surface area contributed by atoms with Gasteiger partial charge >= 0.3 is 13.5 Å². The maximum atomic E-state index is 13.7. The number of nitro groups is 2. The fraction of sp³-hybridized carbons (Fsp3) is 0.273. The summed E-state index contributed by atoms with van der Waals surface area (Å²) in [4.78, 5) is 49.6. The molecule has 1 aromatic heterocycles. The van der Waals surface area contributed by atoms with Crippen molar-refractivity contribution in [2.45, 2.75) is 31.7 Å². The third-order valence-electron chi connectivity index (χ3n) is 5.79. The second-order valence-corrected chi connectivity index (χ2v) is 10.1. The number of non-ortho nitro benzene ring substituents is 2. The van der Waals surface area contributed by atoms with Crippen LogP contribution in [-0.2, 0) is 13.8 Å². The summed E-state index contributed by atoms with van der Waals surface area (Å²) >= 11 is 0. The maximum absolute atomic E-state index is 13.7. The minimum atomic E-state index is -4.62. The number of ether oxygens (including phenoxy) is 1. The molecular weight excluding hydrogens is 569 g/mol. The molecule has 0 aliphatic carbocycles. The highest BCUT2D eigenvalue weighted by Crippen LogP contribution is 2.50. The molecule has 3 atom stereocenters. The average molecular weight is 589 g/mol. The number of aromatic amines is 1. The van der Waals surface area contributed by atoms with Crippen molar-refractivity contribution in [1.29, 1.82) is 0 Å². The predicted molar refractivity (Wildman–Crippen MR) is 139 cm³/mol. The van der Waals surface area contributed by atoms with E-state index in [0.717, 1.165) is 53.1 Å². The van der Waals surface area contributed by atoms with Gasteiger partial charge in [0.05, 0.1) is 28.6 Å². The van der Waals surface area contributed by atoms with E-state index < -0.39 is 53.9 Å². The van der Waals surface area contributed by atoms with Crippen molar-refractivity contribution < 1.29 is 32.7 Å². The molecule has 0 spiro atoms. The van der Waals surface area contributed by atoms with Gasteiger partial charge in [-0.05, 0) is 36.7 Å². The van der Waals surface area contributed by atoms with Gasteiger partial charge in [-0.15, -0.1) is 0 Å². The zero-order valence-corrected chi connectivity index (χ0v) is 21.9. The Morgan fingerprint density at radius 2 is 1.61 bits per heavy atom. The van der Waals surface area contributed by atoms with Gasteiger partial charge in [0.25, 0.3) is 16.9 Å². The van der Waals surface area contributed by atoms with Crippen molar-refractivity contribution in [3.63, 3.8) is 0 Å². The van der Waals surface area contributed by atoms with Gasteiger partial charge in [-0.3, -0.25) is 39.1 Å². The van der Waals surface area contributed by atoms with Crippen LogP contribution in [-0.4, -0.2) is 38.2 Å². The normalized spacial score (nSPS) is 18.3. The van der Waals surface area contributed by atoms with E-state index in [1.807, 2.05) is 0 Å². The zero-order chi connectivity index (χ0) is 29.7. The third kappa shape index (κ3) is 6.95. The van der Waals surface area contributed by atoms with Crippen LogP contribution in [0.5, 0.6) is 11.5 Å². The van der Waals surface area contributed by atoms with Crippen molar-refractivity contribution in [1.82, 2.24) is 9.55 Å². The van der Waals surface area contributed by atoms with Gasteiger partial charge in [-0.2, -0.15) is 0 Å². The Balaban J connectivity index is 1.58. The van der Waals surface area contributed by atoms with Gasteiger partial charge in [0.1, 0.15) is 17.7 Å². The van der Waals surface area contributed by atoms with E-state index in [9.17, 15) is 34.4 Å². The van der Waals surface area contributed by atoms with Gasteiger partial charge in [0, 0.05) is 47.4 Å². The molecule has 19 heteroatoms. The van der Waals surface area contributed by atoms with Crippen LogP contribution in [0.25, 0.3) is 10.4 Å². The number of benzene rings is 2. The molecule has 41 heavy (non-hydrogen) atoms. The van der Waals surface area contributed by atoms with Gasteiger partial charge in [0.15, 0.2) is 0 Å². The number of rotatable bonds is 11. The van der Waals surface area contributed by atoms with Crippen LogP contribution in [0, 0.1) is 27.2 Å². The van der Waals surface area contributed by atoms with Crippen molar-refractivity contribution in [3.05, 3.63) is 112 Å². The Kier molecular flexibility index (Phi) is 8.49. The molecule has 3 aromatic rings. The first-order valence-corrected chi connectivity index (χ1v) is 13.1. The number of nitrogens with zero attached hydrogens (tertiary/aromatic N) is 6. The monoisotopic (exact) mass is 589 g/mol. The molecule has 18 nitrogen and oxygen atoms in total. The van der Waals surface area contributed by atoms with Crippen LogP contribution in [0.4, 0.5) is 11.4 Å². The second-order valence-electron chi connectivity index (χ2n) is 8.54. The lowest BCUT2D eigenvalue weighted by molar-refractivity contribution is -0.385. The SMILES string of the molecule is Cc1cn([C@H]2C[C@H](N=[N+]=[N-])[C@@H](COP(=O)(Oc3ccc([N+](=O)[O-])cc3)Oc3ccc([N+](=O)[O-])cc3)O2)c(=O)[nH]c1=O. The maximum Gasteiger partial charge on any atom is 0.587 e. The number of phosphoric acid groups is 1. The van der Waals surface area contributed by atoms with E-state index in [4.69, 9.17) is 23.8 Å². The Bertz CT molecular complexity index is 1600. The minimum absolute atomic E-state index is 0.000197. The number of azide groups is 1. The van der Waals surface area contributed by atoms with Crippen LogP contribution in [0.2, 0.25) is 0 Å². The highest BCUT2D eigenvalue weighted by atomic mass is 31.2. The van der Waals surface area contributed by atoms with Crippen LogP contribution in [0.15, 0.2) is 69.4 Å². The van der Waals surface area contributed by atoms with Gasteiger partial charge in [-0.1, -0.05) is 5.11 Å². The Morgan fingerprint density at radius 1 is 1.07 bits per heavy atom. The summed E-state index contributed by atoms with van der Waals surface area (Å²) in [6.07, 6.45) is -0.764. The van der Waals surface area contributed by atoms with E-state index in [0.29, 0.717) is 0 Å². The number of aryl methyl sites for hydroxylation is 1. The lowest BCUT2D eigenvalue weighted by Gasteiger charge is -2.22. The van der Waals surface area contributed by atoms with Crippen molar-refractivity contribution in [2.24, 2.45) is 5.11 Å². The lowest BCUT2D eigenvalue weighted by atomic mass is 10.1. The number of hydrogen-bond acceptors (Lipinski definition) is 12. The number of hydrogen-bond donors (Lipinski definition) is 1. The number of phosphoric ester groups is 1. The zero-order valence-electron chi connectivity index (χ0n) is 21.0. The van der Waals surface area contributed by atoms with Crippen molar-refractivity contribution in [3.8, 4) is 11.5 Å². The number of nitro benzene ring substituents is 2. The molecule has 2 aromatic carbocycles. The van der Waals surface area contributed by atoms with Gasteiger partial charge in [-0.25, -0.2) is 9.36 Å². The summed E-state index contributed by atoms with van der Waals surface area (Å²) in [5, 5.41) is 25.6. The minimum Gasteiger partial charge on any atom is -0.395 e. The first-order chi connectivity index (χ1) is 19.5. The fourth-order valence-electron chi connectivity index (χ4n) is 3.78. The standard InChI is InChI=1S/C22H20N7O11P/c1-13-11-27(22(31)24-21(13)30)20-10-18(25-26-23)19(38-20)12-37-41(36,39-16-6-2-14(3-7-16)28(32)33)40-17-8-4-15(5-9-17)29(34)35/h2-9,11,18-20H,10,12H2,1H3,(H,24,30,31)/t18-,19+,20+/m0/s1. The Morgan fingerprint density at radius 3 is 2.10 bits per heavy atom. The highest BCUT2D eigenvalue weighted by Gasteiger charge is 2.40. The van der Waals surface area contributed by atoms with E-state index in [-0.39, 0.29) is 34.9 Å². The van der Waals surface area contributed by atoms with Crippen molar-refractivity contribution in [2.75, 3.05) is 6.61 Å². The van der Waals surface area contributed by atoms with E-state index in [1.165, 1.54) is 13.1 Å². The molecule has 214 valence electrons. The molecule has 1 aliphatic rings. The summed E-state index contributed by atoms with van der Waals surface area (Å²) in [7, 11) is -4.62. The molecule has 2 heterocycles. The third-order valence-corrected chi connectivity index (χ3v) is 7.12. The predicted octanol–water partition coefficient (Wildman–Crippen LogP) is 3.91. The van der Waals surface area contributed by atoms with Gasteiger partial charge < -0.3 is 13.8 Å². The molecular formula is C22H20N7O11P. The quantitative estimate of drug-likeness (QED) is 0.0838. The summed E-state index contributed by atoms with van der Waals surface area (Å²) in [5.41, 5.74) is 7.38. The number of H-pyrrole nitrogens is 1. The Labute approximate surface area is 228 Å². The van der Waals surface area contributed by atoms with Crippen molar-refractivity contribution >= 4 is 19.2 Å². The second kappa shape index (κ2) is 12.0. The molecule has 1 N–H and O–H groups in total. The molecule has 0 bridgehead atoms. The van der Waals surface area contributed by atoms with Crippen LogP contribution in [0.3, 0.4) is 0 Å². The smallest absolute Gasteiger partial charge is 0.395 e. The summed E-state index contributed by atoms with van der Waals surface area (Å²) in [6.45, 7) is 0.936. The van der Waals surface area contributed by atoms with Crippen LogP contribution >= 0.6 is 7.82 Å². The molecule has 1 saturated heterocycles. The van der Waals surface area contributed by atoms with Gasteiger partial charge in [0.2, 0.25) is 0 Å². The van der Waals surface area contributed by atoms with E-state index >= 15 is 0 Å². The molecule has 0 unspecified atom stereocenters. The van der Waals surface area contributed by atoms with Crippen LogP contribution in [0.1, 0.15) is 18.2 Å². The van der Waals surface area contributed by atoms with E-state index in [1.54, 1.807) is 0 Å². The fourth-order valence-corrected chi connectivity index (χ4v) is 5.01. The molecule has 0 amide bonds. The number of aromatic nitrogens is 2. The largest absolute Gasteiger partial charge is 0.587 e.